The molecule has 2 rings (SSSR count). The van der Waals surface area contributed by atoms with Crippen LogP contribution in [0.3, 0.4) is 0 Å². The summed E-state index contributed by atoms with van der Waals surface area (Å²) < 4.78 is 41.4. The first-order chi connectivity index (χ1) is 13.7. The van der Waals surface area contributed by atoms with Crippen molar-refractivity contribution in [2.45, 2.75) is 26.8 Å². The molecule has 0 unspecified atom stereocenters. The molecule has 0 saturated carbocycles. The number of nitrogens with two attached hydrogens (primary N) is 1. The van der Waals surface area contributed by atoms with Crippen molar-refractivity contribution in [3.05, 3.63) is 59.7 Å². The third kappa shape index (κ3) is 6.70. The Kier molecular flexibility index (Phi) is 7.46. The molecule has 0 heterocycles. The lowest BCUT2D eigenvalue weighted by Crippen LogP contribution is -2.30. The molecule has 156 valence electrons. The molecule has 0 atom stereocenters. The Morgan fingerprint density at radius 3 is 2.31 bits per heavy atom. The van der Waals surface area contributed by atoms with E-state index in [0.717, 1.165) is 5.56 Å². The van der Waals surface area contributed by atoms with Crippen molar-refractivity contribution in [1.29, 1.82) is 0 Å². The average Bonchev–Trinajstić information content (AvgIpc) is 2.68. The molecule has 6 nitrogen and oxygen atoms in total. The topological polar surface area (TPSA) is 80.0 Å². The number of rotatable bonds is 7. The van der Waals surface area contributed by atoms with Crippen LogP contribution in [0.25, 0.3) is 0 Å². The minimum atomic E-state index is -4.81. The number of nitrogens with one attached hydrogen (secondary N) is 1. The van der Waals surface area contributed by atoms with Gasteiger partial charge in [-0.1, -0.05) is 24.3 Å². The van der Waals surface area contributed by atoms with Crippen LogP contribution in [-0.2, 0) is 6.54 Å². The van der Waals surface area contributed by atoms with Gasteiger partial charge in [0.05, 0.1) is 12.2 Å². The molecule has 9 heteroatoms. The lowest BCUT2D eigenvalue weighted by atomic mass is 10.1. The Balaban J connectivity index is 2.03. The van der Waals surface area contributed by atoms with E-state index < -0.39 is 12.1 Å². The average molecular weight is 408 g/mol. The van der Waals surface area contributed by atoms with Gasteiger partial charge in [-0.25, -0.2) is 4.99 Å². The maximum atomic E-state index is 12.5. The summed E-state index contributed by atoms with van der Waals surface area (Å²) in [5.74, 6) is -0.517. The molecule has 2 aromatic carbocycles. The molecule has 3 N–H and O–H groups in total. The molecule has 0 spiro atoms. The quantitative estimate of drug-likeness (QED) is 0.536. The van der Waals surface area contributed by atoms with Gasteiger partial charge >= 0.3 is 6.36 Å². The highest BCUT2D eigenvalue weighted by molar-refractivity contribution is 5.94. The highest BCUT2D eigenvalue weighted by Gasteiger charge is 2.32. The van der Waals surface area contributed by atoms with Crippen LogP contribution in [0.1, 0.15) is 29.8 Å². The fourth-order valence-electron chi connectivity index (χ4n) is 2.58. The normalized spacial score (nSPS) is 11.8. The van der Waals surface area contributed by atoms with Gasteiger partial charge in [-0.3, -0.25) is 4.79 Å². The van der Waals surface area contributed by atoms with E-state index in [4.69, 9.17) is 5.73 Å². The molecule has 0 radical (unpaired) electrons. The smallest absolute Gasteiger partial charge is 0.404 e. The van der Waals surface area contributed by atoms with Gasteiger partial charge in [0.15, 0.2) is 11.7 Å². The summed E-state index contributed by atoms with van der Waals surface area (Å²) in [6.45, 7) is 5.28. The summed E-state index contributed by atoms with van der Waals surface area (Å²) >= 11 is 0. The summed E-state index contributed by atoms with van der Waals surface area (Å²) in [4.78, 5) is 18.1. The van der Waals surface area contributed by atoms with Crippen molar-refractivity contribution in [3.63, 3.8) is 0 Å². The number of benzene rings is 2. The van der Waals surface area contributed by atoms with Gasteiger partial charge in [-0.2, -0.15) is 0 Å². The summed E-state index contributed by atoms with van der Waals surface area (Å²) in [6.07, 6.45) is -4.81. The van der Waals surface area contributed by atoms with Crippen molar-refractivity contribution in [3.8, 4) is 5.75 Å². The molecule has 0 saturated heterocycles. The molecule has 0 aromatic heterocycles. The minimum Gasteiger partial charge on any atom is -0.404 e. The lowest BCUT2D eigenvalue weighted by molar-refractivity contribution is -0.274. The fourth-order valence-corrected chi connectivity index (χ4v) is 2.58. The first-order valence-corrected chi connectivity index (χ1v) is 9.03. The van der Waals surface area contributed by atoms with Crippen LogP contribution < -0.4 is 15.8 Å². The van der Waals surface area contributed by atoms with E-state index in [1.807, 2.05) is 13.8 Å². The van der Waals surface area contributed by atoms with E-state index in [2.05, 4.69) is 15.0 Å². The number of ether oxygens (including phenoxy) is 1. The van der Waals surface area contributed by atoms with Crippen molar-refractivity contribution < 1.29 is 22.7 Å². The zero-order valence-electron chi connectivity index (χ0n) is 16.2. The summed E-state index contributed by atoms with van der Waals surface area (Å²) in [5, 5.41) is 2.61. The number of nitrogens with zero attached hydrogens (tertiary/aromatic N) is 2. The second kappa shape index (κ2) is 9.81. The number of guanidine groups is 1. The Morgan fingerprint density at radius 2 is 1.72 bits per heavy atom. The number of amides is 1. The van der Waals surface area contributed by atoms with Crippen molar-refractivity contribution in [1.82, 2.24) is 4.90 Å². The van der Waals surface area contributed by atoms with E-state index >= 15 is 0 Å². The molecule has 0 fully saturated rings. The van der Waals surface area contributed by atoms with Crippen molar-refractivity contribution >= 4 is 17.6 Å². The van der Waals surface area contributed by atoms with Gasteiger partial charge in [-0.05, 0) is 43.7 Å². The predicted octanol–water partition coefficient (Wildman–Crippen LogP) is 3.99. The standard InChI is InChI=1S/C20H23F3N4O2/c1-3-27(4-2)18(28)15-11-9-14(10-12-15)13-25-19(24)26-16-7-5-6-8-17(16)29-20(21,22)23/h5-12H,3-4,13H2,1-2H3,(H3,24,25,26). The molecule has 0 aliphatic rings. The van der Waals surface area contributed by atoms with Crippen LogP contribution in [-0.4, -0.2) is 36.2 Å². The van der Waals surface area contributed by atoms with Crippen LogP contribution in [0.2, 0.25) is 0 Å². The van der Waals surface area contributed by atoms with Gasteiger partial charge in [0, 0.05) is 18.7 Å². The highest BCUT2D eigenvalue weighted by atomic mass is 19.4. The third-order valence-electron chi connectivity index (χ3n) is 4.06. The van der Waals surface area contributed by atoms with Crippen molar-refractivity contribution in [2.75, 3.05) is 18.4 Å². The predicted molar refractivity (Wildman–Crippen MR) is 106 cm³/mol. The SMILES string of the molecule is CCN(CC)C(=O)c1ccc(CN=C(N)Nc2ccccc2OC(F)(F)F)cc1. The molecule has 0 bridgehead atoms. The molecule has 29 heavy (non-hydrogen) atoms. The Labute approximate surface area is 167 Å². The third-order valence-corrected chi connectivity index (χ3v) is 4.06. The highest BCUT2D eigenvalue weighted by Crippen LogP contribution is 2.29. The number of halogens is 3. The van der Waals surface area contributed by atoms with Crippen LogP contribution in [0.4, 0.5) is 18.9 Å². The zero-order chi connectivity index (χ0) is 21.4. The second-order valence-electron chi connectivity index (χ2n) is 6.04. The van der Waals surface area contributed by atoms with Gasteiger partial charge in [-0.15, -0.1) is 13.2 Å². The Morgan fingerprint density at radius 1 is 1.10 bits per heavy atom. The number of para-hydroxylation sites is 2. The summed E-state index contributed by atoms with van der Waals surface area (Å²) in [7, 11) is 0. The first-order valence-electron chi connectivity index (χ1n) is 9.03. The number of alkyl halides is 3. The van der Waals surface area contributed by atoms with E-state index in [1.54, 1.807) is 35.2 Å². The number of anilines is 1. The number of hydrogen-bond acceptors (Lipinski definition) is 3. The lowest BCUT2D eigenvalue weighted by Gasteiger charge is -2.18. The van der Waals surface area contributed by atoms with Gasteiger partial charge < -0.3 is 20.7 Å². The largest absolute Gasteiger partial charge is 0.573 e. The van der Waals surface area contributed by atoms with Gasteiger partial charge in [0.2, 0.25) is 0 Å². The molecule has 2 aromatic rings. The maximum absolute atomic E-state index is 12.5. The Hall–Kier alpha value is -3.23. The minimum absolute atomic E-state index is 0.0474. The fraction of sp³-hybridized carbons (Fsp3) is 0.300. The molecule has 1 amide bonds. The number of aliphatic imine (C=N–C) groups is 1. The van der Waals surface area contributed by atoms with E-state index in [1.165, 1.54) is 18.2 Å². The van der Waals surface area contributed by atoms with Gasteiger partial charge in [0.25, 0.3) is 5.91 Å². The van der Waals surface area contributed by atoms with Crippen LogP contribution in [0, 0.1) is 0 Å². The number of carbonyl (C=O) groups excluding carboxylic acids is 1. The Bertz CT molecular complexity index is 848. The molecular formula is C20H23F3N4O2. The summed E-state index contributed by atoms with van der Waals surface area (Å²) in [6, 6.07) is 12.5. The van der Waals surface area contributed by atoms with Crippen LogP contribution in [0.5, 0.6) is 5.75 Å². The van der Waals surface area contributed by atoms with E-state index in [0.29, 0.717) is 18.7 Å². The second-order valence-corrected chi connectivity index (χ2v) is 6.04. The zero-order valence-corrected chi connectivity index (χ0v) is 16.2. The van der Waals surface area contributed by atoms with Crippen LogP contribution >= 0.6 is 0 Å². The maximum Gasteiger partial charge on any atom is 0.573 e. The first kappa shape index (κ1) is 22.1. The van der Waals surface area contributed by atoms with E-state index in [9.17, 15) is 18.0 Å². The monoisotopic (exact) mass is 408 g/mol. The summed E-state index contributed by atoms with van der Waals surface area (Å²) in [5.41, 5.74) is 7.20. The van der Waals surface area contributed by atoms with Gasteiger partial charge in [0.1, 0.15) is 0 Å². The van der Waals surface area contributed by atoms with E-state index in [-0.39, 0.29) is 24.1 Å². The van der Waals surface area contributed by atoms with Crippen molar-refractivity contribution in [2.24, 2.45) is 10.7 Å². The molecule has 0 aliphatic carbocycles. The molecular weight excluding hydrogens is 385 g/mol. The number of hydrogen-bond donors (Lipinski definition) is 2. The number of carbonyl (C=O) groups is 1. The van der Waals surface area contributed by atoms with Crippen LogP contribution in [0.15, 0.2) is 53.5 Å². The molecule has 0 aliphatic heterocycles.